The van der Waals surface area contributed by atoms with Gasteiger partial charge in [-0.15, -0.1) is 23.3 Å². The number of benzene rings is 2. The number of alkyl halides is 6. The van der Waals surface area contributed by atoms with Crippen LogP contribution in [0.2, 0.25) is 0 Å². The van der Waals surface area contributed by atoms with Crippen molar-refractivity contribution in [1.82, 2.24) is 24.8 Å². The van der Waals surface area contributed by atoms with Crippen LogP contribution in [0.25, 0.3) is 5.69 Å². The highest BCUT2D eigenvalue weighted by Gasteiger charge is 2.49. The summed E-state index contributed by atoms with van der Waals surface area (Å²) >= 11 is 0. The molecule has 2 unspecified atom stereocenters. The molecule has 218 valence electrons. The van der Waals surface area contributed by atoms with E-state index in [1.807, 2.05) is 0 Å². The molecule has 2 aromatic carbocycles. The van der Waals surface area contributed by atoms with Crippen LogP contribution < -0.4 is 10.1 Å². The lowest BCUT2D eigenvalue weighted by Gasteiger charge is -2.39. The fourth-order valence-corrected chi connectivity index (χ4v) is 4.58. The molecule has 41 heavy (non-hydrogen) atoms. The van der Waals surface area contributed by atoms with Gasteiger partial charge in [0.1, 0.15) is 23.6 Å². The smallest absolute Gasteiger partial charge is 0.406 e. The molecule has 2 aliphatic heterocycles. The molecule has 0 spiro atoms. The second-order valence-corrected chi connectivity index (χ2v) is 9.10. The Labute approximate surface area is 226 Å². The zero-order valence-corrected chi connectivity index (χ0v) is 20.9. The number of ether oxygens (including phenoxy) is 1. The first kappa shape index (κ1) is 28.0. The lowest BCUT2D eigenvalue weighted by Crippen LogP contribution is -2.51. The molecule has 0 aliphatic carbocycles. The van der Waals surface area contributed by atoms with Crippen molar-refractivity contribution < 1.29 is 45.1 Å². The molecular formula is C24H20F7N7O3. The normalized spacial score (nSPS) is 19.1. The average molecular weight is 587 g/mol. The van der Waals surface area contributed by atoms with E-state index in [0.717, 1.165) is 18.2 Å². The molecule has 2 aliphatic rings. The van der Waals surface area contributed by atoms with Crippen molar-refractivity contribution >= 4 is 17.6 Å². The number of anilines is 1. The van der Waals surface area contributed by atoms with Gasteiger partial charge in [-0.25, -0.2) is 18.9 Å². The Morgan fingerprint density at radius 1 is 1.07 bits per heavy atom. The summed E-state index contributed by atoms with van der Waals surface area (Å²) in [4.78, 5) is 20.6. The Kier molecular flexibility index (Phi) is 7.12. The van der Waals surface area contributed by atoms with Gasteiger partial charge in [0.2, 0.25) is 0 Å². The summed E-state index contributed by atoms with van der Waals surface area (Å²) in [5.41, 5.74) is 0.567. The van der Waals surface area contributed by atoms with Crippen molar-refractivity contribution in [2.45, 2.75) is 44.4 Å². The average Bonchev–Trinajstić information content (AvgIpc) is 3.46. The lowest BCUT2D eigenvalue weighted by atomic mass is 9.88. The first-order valence-electron chi connectivity index (χ1n) is 12.0. The molecule has 17 heteroatoms. The summed E-state index contributed by atoms with van der Waals surface area (Å²) < 4.78 is 97.3. The van der Waals surface area contributed by atoms with E-state index in [0.29, 0.717) is 29.3 Å². The maximum atomic E-state index is 14.9. The molecule has 1 N–H and O–H groups in total. The van der Waals surface area contributed by atoms with Gasteiger partial charge in [-0.3, -0.25) is 5.01 Å². The molecule has 2 atom stereocenters. The molecule has 3 heterocycles. The molecule has 1 fully saturated rings. The summed E-state index contributed by atoms with van der Waals surface area (Å²) in [6, 6.07) is 8.64. The second-order valence-electron chi connectivity index (χ2n) is 9.10. The number of aryl methyl sites for hydroxylation is 1. The minimum Gasteiger partial charge on any atom is -0.406 e. The number of nitrogens with zero attached hydrogens (tertiary/aromatic N) is 6. The summed E-state index contributed by atoms with van der Waals surface area (Å²) in [6.07, 6.45) is -9.14. The van der Waals surface area contributed by atoms with Crippen molar-refractivity contribution in [3.05, 3.63) is 66.0 Å². The maximum absolute atomic E-state index is 14.9. The van der Waals surface area contributed by atoms with Gasteiger partial charge in [-0.1, -0.05) is 12.1 Å². The number of hydrogen-bond acceptors (Lipinski definition) is 9. The van der Waals surface area contributed by atoms with Gasteiger partial charge in [-0.05, 0) is 55.7 Å². The fraction of sp³-hybridized carbons (Fsp3) is 0.333. The monoisotopic (exact) mass is 587 g/mol. The number of hydrazone groups is 1. The third-order valence-electron chi connectivity index (χ3n) is 6.25. The van der Waals surface area contributed by atoms with E-state index in [9.17, 15) is 35.5 Å². The van der Waals surface area contributed by atoms with Gasteiger partial charge in [-0.2, -0.15) is 18.3 Å². The molecule has 0 saturated carbocycles. The number of fused-ring (bicyclic) bond motifs is 1. The van der Waals surface area contributed by atoms with Gasteiger partial charge >= 0.3 is 18.5 Å². The van der Waals surface area contributed by atoms with Crippen LogP contribution in [0, 0.1) is 12.7 Å². The summed E-state index contributed by atoms with van der Waals surface area (Å²) in [7, 11) is 0. The van der Waals surface area contributed by atoms with E-state index in [2.05, 4.69) is 25.2 Å². The van der Waals surface area contributed by atoms with Crippen LogP contribution in [0.3, 0.4) is 0 Å². The highest BCUT2D eigenvalue weighted by atomic mass is 19.4. The summed E-state index contributed by atoms with van der Waals surface area (Å²) in [5.74, 6) is -4.32. The zero-order valence-electron chi connectivity index (χ0n) is 20.9. The standard InChI is InChI=1S/C24H20F7N7O3/c1-13-32-12-37(34-13)19-9-6-15(11-18(19)25)33-22-35-36-10-2-3-17(20(36)38(22)41-21(39)23(26,27)28)14-4-7-16(8-5-14)40-24(29,30)31/h4-9,11-12,17,20H,2-3,10H2,1H3,(H,33,35). The van der Waals surface area contributed by atoms with Gasteiger partial charge in [0.15, 0.2) is 12.0 Å². The largest absolute Gasteiger partial charge is 0.573 e. The predicted molar refractivity (Wildman–Crippen MR) is 127 cm³/mol. The summed E-state index contributed by atoms with van der Waals surface area (Å²) in [5, 5.41) is 13.0. The molecular weight excluding hydrogens is 567 g/mol. The Morgan fingerprint density at radius 2 is 1.80 bits per heavy atom. The first-order chi connectivity index (χ1) is 19.3. The maximum Gasteiger partial charge on any atom is 0.573 e. The van der Waals surface area contributed by atoms with E-state index >= 15 is 0 Å². The van der Waals surface area contributed by atoms with E-state index in [1.54, 1.807) is 6.92 Å². The van der Waals surface area contributed by atoms with Crippen molar-refractivity contribution in [3.8, 4) is 11.4 Å². The molecule has 0 radical (unpaired) electrons. The number of hydroxylamine groups is 2. The van der Waals surface area contributed by atoms with Crippen molar-refractivity contribution in [2.24, 2.45) is 5.10 Å². The van der Waals surface area contributed by atoms with Gasteiger partial charge in [0.25, 0.3) is 5.96 Å². The number of piperidine rings is 1. The minimum absolute atomic E-state index is 0.0558. The van der Waals surface area contributed by atoms with Crippen LogP contribution in [-0.2, 0) is 9.63 Å². The van der Waals surface area contributed by atoms with Crippen LogP contribution in [0.5, 0.6) is 5.75 Å². The van der Waals surface area contributed by atoms with Gasteiger partial charge in [0.05, 0.1) is 0 Å². The van der Waals surface area contributed by atoms with E-state index in [4.69, 9.17) is 4.84 Å². The molecule has 5 rings (SSSR count). The Bertz CT molecular complexity index is 1460. The number of hydrogen-bond donors (Lipinski definition) is 1. The second kappa shape index (κ2) is 10.4. The third kappa shape index (κ3) is 6.12. The van der Waals surface area contributed by atoms with Crippen LogP contribution >= 0.6 is 0 Å². The lowest BCUT2D eigenvalue weighted by molar-refractivity contribution is -0.274. The number of rotatable bonds is 5. The van der Waals surface area contributed by atoms with Crippen molar-refractivity contribution in [1.29, 1.82) is 0 Å². The molecule has 1 saturated heterocycles. The highest BCUT2D eigenvalue weighted by molar-refractivity contribution is 5.95. The van der Waals surface area contributed by atoms with Crippen molar-refractivity contribution in [2.75, 3.05) is 11.9 Å². The molecule has 0 bridgehead atoms. The number of carbonyl (C=O) groups is 1. The summed E-state index contributed by atoms with van der Waals surface area (Å²) in [6.45, 7) is 1.88. The van der Waals surface area contributed by atoms with E-state index in [1.165, 1.54) is 40.3 Å². The Morgan fingerprint density at radius 3 is 2.41 bits per heavy atom. The third-order valence-corrected chi connectivity index (χ3v) is 6.25. The van der Waals surface area contributed by atoms with Gasteiger partial charge in [0, 0.05) is 18.2 Å². The number of carbonyl (C=O) groups excluding carboxylic acids is 1. The van der Waals surface area contributed by atoms with Crippen LogP contribution in [0.1, 0.15) is 30.1 Å². The fourth-order valence-electron chi connectivity index (χ4n) is 4.58. The van der Waals surface area contributed by atoms with E-state index < -0.39 is 42.2 Å². The number of guanidine groups is 1. The highest BCUT2D eigenvalue weighted by Crippen LogP contribution is 2.39. The van der Waals surface area contributed by atoms with Gasteiger partial charge < -0.3 is 14.9 Å². The zero-order chi connectivity index (χ0) is 29.5. The topological polar surface area (TPSA) is 97.1 Å². The number of nitrogens with one attached hydrogen (secondary N) is 1. The Balaban J connectivity index is 1.43. The van der Waals surface area contributed by atoms with Crippen LogP contribution in [0.4, 0.5) is 36.4 Å². The SMILES string of the molecule is Cc1ncn(-c2ccc(NC3=NN4CCCC(c5ccc(OC(F)(F)F)cc5)C4N3OC(=O)C(F)(F)F)cc2F)n1. The Hall–Kier alpha value is -4.57. The molecule has 3 aromatic rings. The van der Waals surface area contributed by atoms with E-state index in [-0.39, 0.29) is 23.9 Å². The number of aromatic nitrogens is 3. The molecule has 1 aromatic heterocycles. The number of halogens is 7. The predicted octanol–water partition coefficient (Wildman–Crippen LogP) is 4.84. The molecule has 10 nitrogen and oxygen atoms in total. The minimum atomic E-state index is -5.34. The quantitative estimate of drug-likeness (QED) is 0.424. The van der Waals surface area contributed by atoms with Crippen LogP contribution in [0.15, 0.2) is 53.9 Å². The van der Waals surface area contributed by atoms with Crippen molar-refractivity contribution in [3.63, 3.8) is 0 Å². The first-order valence-corrected chi connectivity index (χ1v) is 12.0. The molecule has 0 amide bonds. The van der Waals surface area contributed by atoms with Crippen LogP contribution in [-0.4, -0.2) is 62.0 Å².